The normalized spacial score (nSPS) is 16.3. The predicted octanol–water partition coefficient (Wildman–Crippen LogP) is 1.84. The van der Waals surface area contributed by atoms with Gasteiger partial charge in [0.1, 0.15) is 5.76 Å². The number of hydrogen-bond donors (Lipinski definition) is 3. The van der Waals surface area contributed by atoms with Crippen molar-refractivity contribution < 1.29 is 14.4 Å². The van der Waals surface area contributed by atoms with Crippen LogP contribution in [-0.2, 0) is 4.84 Å². The van der Waals surface area contributed by atoms with Gasteiger partial charge < -0.3 is 21.6 Å². The van der Waals surface area contributed by atoms with Gasteiger partial charge in [0.2, 0.25) is 0 Å². The van der Waals surface area contributed by atoms with Crippen molar-refractivity contribution in [2.75, 3.05) is 5.32 Å². The first-order valence-electron chi connectivity index (χ1n) is 7.85. The molecule has 26 heavy (non-hydrogen) atoms. The van der Waals surface area contributed by atoms with Gasteiger partial charge in [-0.2, -0.15) is 5.10 Å². The molecule has 3 rings (SSSR count). The fourth-order valence-corrected chi connectivity index (χ4v) is 2.84. The zero-order valence-electron chi connectivity index (χ0n) is 14.3. The molecule has 0 spiro atoms. The highest BCUT2D eigenvalue weighted by molar-refractivity contribution is 6.00. The number of hydrogen-bond acceptors (Lipinski definition) is 5. The second kappa shape index (κ2) is 6.71. The van der Waals surface area contributed by atoms with Crippen LogP contribution in [0.15, 0.2) is 41.4 Å². The van der Waals surface area contributed by atoms with Gasteiger partial charge in [0.25, 0.3) is 5.91 Å². The molecule has 2 heterocycles. The third kappa shape index (κ3) is 3.27. The number of oxime groups is 1. The maximum atomic E-state index is 11.6. The molecule has 1 atom stereocenters. The molecule has 0 saturated carbocycles. The highest BCUT2D eigenvalue weighted by Gasteiger charge is 2.20. The lowest BCUT2D eigenvalue weighted by Gasteiger charge is -2.19. The van der Waals surface area contributed by atoms with Gasteiger partial charge in [-0.1, -0.05) is 24.2 Å². The molecule has 1 aliphatic heterocycles. The standard InChI is InChI=1S/C17H18N6O3/c1-9-7-20-26-10(2)14(9)11-4-3-5-12(6-11)23-8-13(21-17(19)25)15(22-23)16(18)24/h3-9H,1-2H3,(H2,18,24)(H3,19,21,25). The Kier molecular flexibility index (Phi) is 4.44. The van der Waals surface area contributed by atoms with Crippen molar-refractivity contribution in [3.8, 4) is 5.69 Å². The van der Waals surface area contributed by atoms with Gasteiger partial charge in [-0.05, 0) is 24.6 Å². The van der Waals surface area contributed by atoms with E-state index in [0.717, 1.165) is 11.1 Å². The summed E-state index contributed by atoms with van der Waals surface area (Å²) in [5.41, 5.74) is 13.1. The van der Waals surface area contributed by atoms with Crippen molar-refractivity contribution >= 4 is 29.4 Å². The van der Waals surface area contributed by atoms with Crippen LogP contribution in [-0.4, -0.2) is 27.9 Å². The van der Waals surface area contributed by atoms with E-state index in [0.29, 0.717) is 11.4 Å². The van der Waals surface area contributed by atoms with E-state index in [1.165, 1.54) is 10.9 Å². The maximum Gasteiger partial charge on any atom is 0.316 e. The van der Waals surface area contributed by atoms with Crippen molar-refractivity contribution in [1.82, 2.24) is 9.78 Å². The van der Waals surface area contributed by atoms with Crippen LogP contribution in [0.2, 0.25) is 0 Å². The van der Waals surface area contributed by atoms with Crippen molar-refractivity contribution in [3.63, 3.8) is 0 Å². The number of urea groups is 1. The highest BCUT2D eigenvalue weighted by atomic mass is 16.6. The first kappa shape index (κ1) is 17.2. The van der Waals surface area contributed by atoms with Gasteiger partial charge in [0.15, 0.2) is 5.69 Å². The molecule has 0 fully saturated rings. The molecule has 9 heteroatoms. The Morgan fingerprint density at radius 1 is 1.31 bits per heavy atom. The van der Waals surface area contributed by atoms with Crippen LogP contribution in [0.5, 0.6) is 0 Å². The number of allylic oxidation sites excluding steroid dienone is 2. The number of rotatable bonds is 4. The fraction of sp³-hybridized carbons (Fsp3) is 0.176. The lowest BCUT2D eigenvalue weighted by Crippen LogP contribution is -2.22. The Hall–Kier alpha value is -3.62. The van der Waals surface area contributed by atoms with E-state index >= 15 is 0 Å². The van der Waals surface area contributed by atoms with Crippen LogP contribution in [0, 0.1) is 5.92 Å². The second-order valence-electron chi connectivity index (χ2n) is 5.84. The van der Waals surface area contributed by atoms with Gasteiger partial charge in [-0.3, -0.25) is 4.79 Å². The highest BCUT2D eigenvalue weighted by Crippen LogP contribution is 2.30. The molecule has 134 valence electrons. The molecule has 9 nitrogen and oxygen atoms in total. The number of nitrogens with one attached hydrogen (secondary N) is 1. The van der Waals surface area contributed by atoms with Gasteiger partial charge in [-0.15, -0.1) is 0 Å². The Labute approximate surface area is 149 Å². The number of nitrogens with two attached hydrogens (primary N) is 2. The van der Waals surface area contributed by atoms with Crippen LogP contribution in [0.3, 0.4) is 0 Å². The molecule has 2 aromatic rings. The van der Waals surface area contributed by atoms with E-state index in [1.54, 1.807) is 6.21 Å². The van der Waals surface area contributed by atoms with Crippen LogP contribution in [0.1, 0.15) is 29.9 Å². The summed E-state index contributed by atoms with van der Waals surface area (Å²) in [5.74, 6) is 0.0316. The van der Waals surface area contributed by atoms with Crippen LogP contribution < -0.4 is 16.8 Å². The first-order chi connectivity index (χ1) is 12.4. The number of carbonyl (C=O) groups excluding carboxylic acids is 2. The van der Waals surface area contributed by atoms with E-state index in [1.807, 2.05) is 38.1 Å². The number of primary amides is 2. The summed E-state index contributed by atoms with van der Waals surface area (Å²) in [4.78, 5) is 27.9. The van der Waals surface area contributed by atoms with Crippen molar-refractivity contribution in [3.05, 3.63) is 47.5 Å². The average Bonchev–Trinajstić information content (AvgIpc) is 2.98. The van der Waals surface area contributed by atoms with Crippen molar-refractivity contribution in [1.29, 1.82) is 0 Å². The number of anilines is 1. The Balaban J connectivity index is 2.04. The molecule has 1 unspecified atom stereocenters. The zero-order valence-corrected chi connectivity index (χ0v) is 14.3. The largest absolute Gasteiger partial charge is 0.364 e. The predicted molar refractivity (Wildman–Crippen MR) is 96.6 cm³/mol. The molecule has 0 bridgehead atoms. The SMILES string of the molecule is CC1=C(c2cccc(-n3cc(NC(N)=O)c(C(N)=O)n3)c2)C(C)C=NO1. The number of aromatic nitrogens is 2. The summed E-state index contributed by atoms with van der Waals surface area (Å²) >= 11 is 0. The summed E-state index contributed by atoms with van der Waals surface area (Å²) in [6.07, 6.45) is 3.20. The van der Waals surface area contributed by atoms with Gasteiger partial charge in [0.05, 0.1) is 23.8 Å². The molecule has 3 amide bonds. The van der Waals surface area contributed by atoms with Crippen LogP contribution >= 0.6 is 0 Å². The minimum atomic E-state index is -0.811. The molecule has 0 aliphatic carbocycles. The van der Waals surface area contributed by atoms with Crippen LogP contribution in [0.25, 0.3) is 11.3 Å². The molecule has 1 aliphatic rings. The topological polar surface area (TPSA) is 138 Å². The average molecular weight is 354 g/mol. The summed E-state index contributed by atoms with van der Waals surface area (Å²) in [5, 5.41) is 10.4. The minimum Gasteiger partial charge on any atom is -0.364 e. The Morgan fingerprint density at radius 3 is 2.73 bits per heavy atom. The van der Waals surface area contributed by atoms with Gasteiger partial charge in [-0.25, -0.2) is 9.48 Å². The number of amides is 3. The summed E-state index contributed by atoms with van der Waals surface area (Å²) < 4.78 is 1.45. The van der Waals surface area contributed by atoms with Gasteiger partial charge in [0, 0.05) is 11.5 Å². The monoisotopic (exact) mass is 354 g/mol. The number of carbonyl (C=O) groups is 2. The number of benzene rings is 1. The van der Waals surface area contributed by atoms with E-state index in [-0.39, 0.29) is 17.3 Å². The summed E-state index contributed by atoms with van der Waals surface area (Å²) in [6, 6.07) is 6.70. The quantitative estimate of drug-likeness (QED) is 0.771. The lowest BCUT2D eigenvalue weighted by molar-refractivity contribution is 0.0996. The molecule has 0 saturated heterocycles. The van der Waals surface area contributed by atoms with E-state index in [9.17, 15) is 9.59 Å². The molecular formula is C17H18N6O3. The summed E-state index contributed by atoms with van der Waals surface area (Å²) in [7, 11) is 0. The van der Waals surface area contributed by atoms with E-state index < -0.39 is 11.9 Å². The minimum absolute atomic E-state index is 0.0777. The molecular weight excluding hydrogens is 336 g/mol. The van der Waals surface area contributed by atoms with Crippen molar-refractivity contribution in [2.24, 2.45) is 22.5 Å². The third-order valence-corrected chi connectivity index (χ3v) is 3.94. The molecule has 0 radical (unpaired) electrons. The fourth-order valence-electron chi connectivity index (χ4n) is 2.84. The van der Waals surface area contributed by atoms with Gasteiger partial charge >= 0.3 is 6.03 Å². The van der Waals surface area contributed by atoms with E-state index in [4.69, 9.17) is 16.3 Å². The van der Waals surface area contributed by atoms with Crippen molar-refractivity contribution in [2.45, 2.75) is 13.8 Å². The number of nitrogens with zero attached hydrogens (tertiary/aromatic N) is 3. The van der Waals surface area contributed by atoms with E-state index in [2.05, 4.69) is 15.6 Å². The summed E-state index contributed by atoms with van der Waals surface area (Å²) in [6.45, 7) is 3.87. The lowest BCUT2D eigenvalue weighted by atomic mass is 9.93. The Bertz CT molecular complexity index is 944. The first-order valence-corrected chi connectivity index (χ1v) is 7.85. The zero-order chi connectivity index (χ0) is 18.8. The molecule has 1 aromatic carbocycles. The molecule has 5 N–H and O–H groups in total. The molecule has 1 aromatic heterocycles. The third-order valence-electron chi connectivity index (χ3n) is 3.94. The Morgan fingerprint density at radius 2 is 2.08 bits per heavy atom. The maximum absolute atomic E-state index is 11.6. The smallest absolute Gasteiger partial charge is 0.316 e. The van der Waals surface area contributed by atoms with Crippen LogP contribution in [0.4, 0.5) is 10.5 Å². The second-order valence-corrected chi connectivity index (χ2v) is 5.84.